The first-order valence-electron chi connectivity index (χ1n) is 8.85. The Kier molecular flexibility index (Phi) is 5.99. The van der Waals surface area contributed by atoms with Crippen molar-refractivity contribution < 1.29 is 19.0 Å². The van der Waals surface area contributed by atoms with E-state index in [0.29, 0.717) is 28.4 Å². The Morgan fingerprint density at radius 1 is 1.36 bits per heavy atom. The van der Waals surface area contributed by atoms with E-state index in [9.17, 15) is 14.3 Å². The fourth-order valence-electron chi connectivity index (χ4n) is 3.11. The lowest BCUT2D eigenvalue weighted by atomic mass is 9.97. The highest BCUT2D eigenvalue weighted by Crippen LogP contribution is 2.40. The number of aromatic hydroxyl groups is 1. The van der Waals surface area contributed by atoms with Crippen molar-refractivity contribution in [3.63, 3.8) is 0 Å². The summed E-state index contributed by atoms with van der Waals surface area (Å²) < 4.78 is 18.3. The number of allylic oxidation sites excluding steroid dienone is 1. The first kappa shape index (κ1) is 19.9. The fraction of sp³-hybridized carbons (Fsp3) is 0.238. The standard InChI is InChI=1S/C21H20ClFN2O3/c1-3-28-21(27)10-13(2)25-19(17-11-15(22)6-9-20(17)26)12-18(24-25)14-4-7-16(23)8-5-14/h4-11,19,26H,3,12H2,1-2H3. The molecule has 0 saturated carbocycles. The summed E-state index contributed by atoms with van der Waals surface area (Å²) in [6.45, 7) is 3.74. The van der Waals surface area contributed by atoms with E-state index in [2.05, 4.69) is 5.10 Å². The number of hydrazone groups is 1. The second kappa shape index (κ2) is 8.44. The maximum Gasteiger partial charge on any atom is 0.332 e. The third-order valence-corrected chi connectivity index (χ3v) is 4.65. The number of esters is 1. The number of hydrogen-bond acceptors (Lipinski definition) is 5. The summed E-state index contributed by atoms with van der Waals surface area (Å²) >= 11 is 6.12. The Balaban J connectivity index is 2.01. The normalized spacial score (nSPS) is 16.9. The zero-order valence-corrected chi connectivity index (χ0v) is 16.3. The van der Waals surface area contributed by atoms with Gasteiger partial charge in [0.1, 0.15) is 11.6 Å². The molecule has 1 N–H and O–H groups in total. The average Bonchev–Trinajstić information content (AvgIpc) is 3.09. The number of ether oxygens (including phenoxy) is 1. The Hall–Kier alpha value is -2.86. The molecule has 5 nitrogen and oxygen atoms in total. The van der Waals surface area contributed by atoms with E-state index in [1.165, 1.54) is 24.3 Å². The molecular formula is C21H20ClFN2O3. The molecule has 7 heteroatoms. The van der Waals surface area contributed by atoms with E-state index in [0.717, 1.165) is 5.56 Å². The number of rotatable bonds is 5. The minimum Gasteiger partial charge on any atom is -0.508 e. The number of benzene rings is 2. The van der Waals surface area contributed by atoms with Crippen molar-refractivity contribution in [3.05, 3.63) is 76.2 Å². The minimum absolute atomic E-state index is 0.0823. The van der Waals surface area contributed by atoms with Crippen LogP contribution in [0.1, 0.15) is 37.4 Å². The second-order valence-electron chi connectivity index (χ2n) is 6.36. The SMILES string of the molecule is CCOC(=O)C=C(C)N1N=C(c2ccc(F)cc2)CC1c1cc(Cl)ccc1O. The number of hydrogen-bond donors (Lipinski definition) is 1. The van der Waals surface area contributed by atoms with Gasteiger partial charge in [-0.05, 0) is 49.7 Å². The predicted octanol–water partition coefficient (Wildman–Crippen LogP) is 4.80. The lowest BCUT2D eigenvalue weighted by Crippen LogP contribution is -2.19. The molecule has 2 aromatic rings. The maximum atomic E-state index is 13.3. The largest absolute Gasteiger partial charge is 0.508 e. The van der Waals surface area contributed by atoms with Crippen LogP contribution >= 0.6 is 11.6 Å². The third-order valence-electron chi connectivity index (χ3n) is 4.41. The molecule has 0 radical (unpaired) electrons. The van der Waals surface area contributed by atoms with Gasteiger partial charge in [-0.2, -0.15) is 5.10 Å². The highest BCUT2D eigenvalue weighted by atomic mass is 35.5. The molecule has 0 aliphatic carbocycles. The van der Waals surface area contributed by atoms with Crippen molar-refractivity contribution in [2.75, 3.05) is 6.61 Å². The summed E-state index contributed by atoms with van der Waals surface area (Å²) in [6, 6.07) is 10.5. The molecule has 3 rings (SSSR count). The van der Waals surface area contributed by atoms with Crippen molar-refractivity contribution in [3.8, 4) is 5.75 Å². The molecule has 0 aromatic heterocycles. The van der Waals surface area contributed by atoms with E-state index in [1.54, 1.807) is 43.1 Å². The topological polar surface area (TPSA) is 62.1 Å². The molecule has 0 spiro atoms. The molecule has 1 atom stereocenters. The van der Waals surface area contributed by atoms with Crippen molar-refractivity contribution in [1.82, 2.24) is 5.01 Å². The first-order valence-corrected chi connectivity index (χ1v) is 9.23. The van der Waals surface area contributed by atoms with Gasteiger partial charge in [-0.15, -0.1) is 0 Å². The Bertz CT molecular complexity index is 941. The van der Waals surface area contributed by atoms with Gasteiger partial charge in [-0.3, -0.25) is 5.01 Å². The van der Waals surface area contributed by atoms with Gasteiger partial charge >= 0.3 is 5.97 Å². The minimum atomic E-state index is -0.473. The van der Waals surface area contributed by atoms with Crippen LogP contribution in [0.25, 0.3) is 0 Å². The molecule has 1 heterocycles. The number of carbonyl (C=O) groups is 1. The van der Waals surface area contributed by atoms with Crippen molar-refractivity contribution in [2.24, 2.45) is 5.10 Å². The van der Waals surface area contributed by atoms with Crippen LogP contribution in [-0.4, -0.2) is 28.4 Å². The summed E-state index contributed by atoms with van der Waals surface area (Å²) in [5.74, 6) is -0.722. The van der Waals surface area contributed by atoms with Crippen LogP contribution in [0, 0.1) is 5.82 Å². The molecule has 1 aliphatic rings. The predicted molar refractivity (Wildman–Crippen MR) is 106 cm³/mol. The summed E-state index contributed by atoms with van der Waals surface area (Å²) in [4.78, 5) is 11.9. The molecule has 1 aliphatic heterocycles. The number of phenols is 1. The molecule has 0 bridgehead atoms. The monoisotopic (exact) mass is 402 g/mol. The lowest BCUT2D eigenvalue weighted by molar-refractivity contribution is -0.137. The van der Waals surface area contributed by atoms with Gasteiger partial charge in [0.05, 0.1) is 18.4 Å². The van der Waals surface area contributed by atoms with Gasteiger partial charge < -0.3 is 9.84 Å². The van der Waals surface area contributed by atoms with E-state index in [-0.39, 0.29) is 24.2 Å². The molecule has 1 unspecified atom stereocenters. The van der Waals surface area contributed by atoms with Crippen molar-refractivity contribution in [2.45, 2.75) is 26.3 Å². The van der Waals surface area contributed by atoms with Gasteiger partial charge in [-0.1, -0.05) is 23.7 Å². The Morgan fingerprint density at radius 3 is 2.75 bits per heavy atom. The van der Waals surface area contributed by atoms with Crippen LogP contribution in [0.5, 0.6) is 5.75 Å². The average molecular weight is 403 g/mol. The molecule has 0 amide bonds. The van der Waals surface area contributed by atoms with Crippen LogP contribution < -0.4 is 0 Å². The van der Waals surface area contributed by atoms with E-state index in [4.69, 9.17) is 16.3 Å². The zero-order chi connectivity index (χ0) is 20.3. The highest BCUT2D eigenvalue weighted by molar-refractivity contribution is 6.30. The Morgan fingerprint density at radius 2 is 2.07 bits per heavy atom. The van der Waals surface area contributed by atoms with Crippen LogP contribution in [0.3, 0.4) is 0 Å². The molecule has 146 valence electrons. The molecule has 0 saturated heterocycles. The zero-order valence-electron chi connectivity index (χ0n) is 15.5. The van der Waals surface area contributed by atoms with Crippen LogP contribution in [-0.2, 0) is 9.53 Å². The number of nitrogens with zero attached hydrogens (tertiary/aromatic N) is 2. The Labute approximate surface area is 167 Å². The van der Waals surface area contributed by atoms with Gasteiger partial charge in [0.2, 0.25) is 0 Å². The number of phenolic OH excluding ortho intramolecular Hbond substituents is 1. The third kappa shape index (κ3) is 4.34. The van der Waals surface area contributed by atoms with Crippen molar-refractivity contribution >= 4 is 23.3 Å². The first-order chi connectivity index (χ1) is 13.4. The molecular weight excluding hydrogens is 383 g/mol. The second-order valence-corrected chi connectivity index (χ2v) is 6.80. The molecule has 2 aromatic carbocycles. The smallest absolute Gasteiger partial charge is 0.332 e. The van der Waals surface area contributed by atoms with Crippen LogP contribution in [0.4, 0.5) is 4.39 Å². The van der Waals surface area contributed by atoms with E-state index >= 15 is 0 Å². The fourth-order valence-corrected chi connectivity index (χ4v) is 3.29. The van der Waals surface area contributed by atoms with Crippen molar-refractivity contribution in [1.29, 1.82) is 0 Å². The summed E-state index contributed by atoms with van der Waals surface area (Å²) in [6.07, 6.45) is 1.81. The van der Waals surface area contributed by atoms with E-state index in [1.807, 2.05) is 0 Å². The summed E-state index contributed by atoms with van der Waals surface area (Å²) in [5, 5.41) is 17.1. The van der Waals surface area contributed by atoms with Gasteiger partial charge in [0, 0.05) is 28.8 Å². The molecule has 28 heavy (non-hydrogen) atoms. The highest BCUT2D eigenvalue weighted by Gasteiger charge is 2.32. The molecule has 0 fully saturated rings. The number of carbonyl (C=O) groups excluding carboxylic acids is 1. The van der Waals surface area contributed by atoms with Gasteiger partial charge in [-0.25, -0.2) is 9.18 Å². The maximum absolute atomic E-state index is 13.3. The quantitative estimate of drug-likeness (QED) is 0.576. The summed E-state index contributed by atoms with van der Waals surface area (Å²) in [5.41, 5.74) is 2.62. The van der Waals surface area contributed by atoms with Crippen LogP contribution in [0.15, 0.2) is 59.3 Å². The van der Waals surface area contributed by atoms with Gasteiger partial charge in [0.15, 0.2) is 0 Å². The van der Waals surface area contributed by atoms with E-state index < -0.39 is 5.97 Å². The number of halogens is 2. The lowest BCUT2D eigenvalue weighted by Gasteiger charge is -2.25. The van der Waals surface area contributed by atoms with Gasteiger partial charge in [0.25, 0.3) is 0 Å². The van der Waals surface area contributed by atoms with Crippen LogP contribution in [0.2, 0.25) is 5.02 Å². The summed E-state index contributed by atoms with van der Waals surface area (Å²) in [7, 11) is 0.